The highest BCUT2D eigenvalue weighted by Gasteiger charge is 2.37. The van der Waals surface area contributed by atoms with Crippen LogP contribution in [0.3, 0.4) is 0 Å². The second kappa shape index (κ2) is 6.87. The second-order valence-corrected chi connectivity index (χ2v) is 7.93. The molecule has 1 atom stereocenters. The number of fused-ring (bicyclic) bond motifs is 1. The maximum atomic E-state index is 13.1. The fourth-order valence-electron chi connectivity index (χ4n) is 2.73. The second-order valence-electron chi connectivity index (χ2n) is 7.93. The number of anilines is 1. The van der Waals surface area contributed by atoms with Crippen molar-refractivity contribution in [1.82, 2.24) is 19.9 Å². The summed E-state index contributed by atoms with van der Waals surface area (Å²) in [5.74, 6) is 0.414. The van der Waals surface area contributed by atoms with Gasteiger partial charge < -0.3 is 10.3 Å². The van der Waals surface area contributed by atoms with E-state index in [2.05, 4.69) is 66.8 Å². The van der Waals surface area contributed by atoms with E-state index in [1.54, 1.807) is 6.33 Å². The van der Waals surface area contributed by atoms with Gasteiger partial charge in [0.1, 0.15) is 11.8 Å². The van der Waals surface area contributed by atoms with Crippen molar-refractivity contribution in [2.45, 2.75) is 60.8 Å². The number of carbonyl (C=O) groups is 1. The van der Waals surface area contributed by atoms with Crippen LogP contribution in [0.1, 0.15) is 60.8 Å². The molecule has 2 aromatic rings. The normalized spacial score (nSPS) is 13.9. The molecule has 2 rings (SSSR count). The number of hydrogen-bond acceptors (Lipinski definition) is 4. The van der Waals surface area contributed by atoms with Gasteiger partial charge >= 0.3 is 0 Å². The lowest BCUT2D eigenvalue weighted by atomic mass is 9.68. The number of H-pyrrole nitrogens is 1. The molecule has 0 saturated carbocycles. The number of rotatable bonds is 7. The van der Waals surface area contributed by atoms with Crippen LogP contribution in [0.5, 0.6) is 0 Å². The van der Waals surface area contributed by atoms with Crippen LogP contribution in [0, 0.1) is 16.7 Å². The molecule has 0 fully saturated rings. The van der Waals surface area contributed by atoms with Crippen LogP contribution in [-0.2, 0) is 4.79 Å². The molecule has 1 unspecified atom stereocenters. The van der Waals surface area contributed by atoms with Crippen LogP contribution in [-0.4, -0.2) is 25.8 Å². The fraction of sp³-hybridized carbons (Fsp3) is 0.667. The summed E-state index contributed by atoms with van der Waals surface area (Å²) >= 11 is 0. The molecule has 0 aliphatic carbocycles. The highest BCUT2D eigenvalue weighted by Crippen LogP contribution is 2.40. The Balaban J connectivity index is 2.29. The molecular formula is C18H29N5O. The van der Waals surface area contributed by atoms with Gasteiger partial charge in [0.05, 0.1) is 6.33 Å². The van der Waals surface area contributed by atoms with Crippen LogP contribution < -0.4 is 5.32 Å². The number of aromatic nitrogens is 4. The Morgan fingerprint density at radius 1 is 1.17 bits per heavy atom. The number of imidazole rings is 1. The number of amides is 1. The van der Waals surface area contributed by atoms with Crippen molar-refractivity contribution in [3.05, 3.63) is 12.7 Å². The third-order valence-electron chi connectivity index (χ3n) is 5.35. The van der Waals surface area contributed by atoms with Crippen molar-refractivity contribution in [2.75, 3.05) is 5.32 Å². The average Bonchev–Trinajstić information content (AvgIpc) is 3.02. The van der Waals surface area contributed by atoms with E-state index in [1.807, 2.05) is 0 Å². The molecule has 0 spiro atoms. The van der Waals surface area contributed by atoms with Gasteiger partial charge in [0, 0.05) is 5.92 Å². The van der Waals surface area contributed by atoms with Gasteiger partial charge in [-0.05, 0) is 17.3 Å². The summed E-state index contributed by atoms with van der Waals surface area (Å²) < 4.78 is 0. The first-order valence-electron chi connectivity index (χ1n) is 8.65. The number of nitrogens with one attached hydrogen (secondary N) is 2. The van der Waals surface area contributed by atoms with E-state index in [0.717, 1.165) is 19.3 Å². The summed E-state index contributed by atoms with van der Waals surface area (Å²) in [6.45, 7) is 13.1. The van der Waals surface area contributed by atoms with Crippen LogP contribution >= 0.6 is 0 Å². The predicted octanol–water partition coefficient (Wildman–Crippen LogP) is 4.17. The Bertz CT molecular complexity index is 704. The first kappa shape index (κ1) is 18.4. The van der Waals surface area contributed by atoms with Crippen LogP contribution in [0.15, 0.2) is 12.7 Å². The monoisotopic (exact) mass is 331 g/mol. The van der Waals surface area contributed by atoms with Gasteiger partial charge in [0.25, 0.3) is 0 Å². The van der Waals surface area contributed by atoms with Crippen molar-refractivity contribution in [3.63, 3.8) is 0 Å². The topological polar surface area (TPSA) is 83.6 Å². The van der Waals surface area contributed by atoms with Crippen molar-refractivity contribution >= 4 is 22.9 Å². The molecule has 2 heterocycles. The predicted molar refractivity (Wildman–Crippen MR) is 96.6 cm³/mol. The van der Waals surface area contributed by atoms with Gasteiger partial charge in [0.2, 0.25) is 5.91 Å². The van der Waals surface area contributed by atoms with E-state index in [4.69, 9.17) is 0 Å². The van der Waals surface area contributed by atoms with Crippen molar-refractivity contribution < 1.29 is 4.79 Å². The molecule has 0 bridgehead atoms. The molecule has 2 aromatic heterocycles. The quantitative estimate of drug-likeness (QED) is 0.797. The zero-order valence-electron chi connectivity index (χ0n) is 15.6. The van der Waals surface area contributed by atoms with Gasteiger partial charge in [-0.2, -0.15) is 0 Å². The molecule has 0 aromatic carbocycles. The molecule has 6 nitrogen and oxygen atoms in total. The van der Waals surface area contributed by atoms with Crippen LogP contribution in [0.2, 0.25) is 0 Å². The smallest absolute Gasteiger partial charge is 0.229 e. The number of aromatic amines is 1. The minimum Gasteiger partial charge on any atom is -0.340 e. The largest absolute Gasteiger partial charge is 0.340 e. The third kappa shape index (κ3) is 3.91. The summed E-state index contributed by atoms with van der Waals surface area (Å²) in [7, 11) is 0. The SMILES string of the molecule is CCC(C)(C)CC(C(=O)Nc1ncnc2nc[nH]c12)C(C)(C)CC. The van der Waals surface area contributed by atoms with Gasteiger partial charge in [-0.1, -0.05) is 54.4 Å². The van der Waals surface area contributed by atoms with Crippen LogP contribution in [0.4, 0.5) is 5.82 Å². The maximum Gasteiger partial charge on any atom is 0.229 e. The van der Waals surface area contributed by atoms with Gasteiger partial charge in [-0.3, -0.25) is 4.79 Å². The van der Waals surface area contributed by atoms with E-state index < -0.39 is 0 Å². The summed E-state index contributed by atoms with van der Waals surface area (Å²) in [5.41, 5.74) is 1.24. The van der Waals surface area contributed by atoms with Crippen molar-refractivity contribution in [1.29, 1.82) is 0 Å². The van der Waals surface area contributed by atoms with Crippen molar-refractivity contribution in [3.8, 4) is 0 Å². The summed E-state index contributed by atoms with van der Waals surface area (Å²) in [6, 6.07) is 0. The Morgan fingerprint density at radius 2 is 1.88 bits per heavy atom. The highest BCUT2D eigenvalue weighted by molar-refractivity contribution is 5.98. The van der Waals surface area contributed by atoms with Crippen molar-refractivity contribution in [2.24, 2.45) is 16.7 Å². The average molecular weight is 331 g/mol. The summed E-state index contributed by atoms with van der Waals surface area (Å²) in [6.07, 6.45) is 5.80. The molecule has 6 heteroatoms. The Hall–Kier alpha value is -1.98. The molecule has 132 valence electrons. The number of carbonyl (C=O) groups excluding carboxylic acids is 1. The molecular weight excluding hydrogens is 302 g/mol. The molecule has 24 heavy (non-hydrogen) atoms. The van der Waals surface area contributed by atoms with E-state index in [1.165, 1.54) is 6.33 Å². The maximum absolute atomic E-state index is 13.1. The van der Waals surface area contributed by atoms with Crippen LogP contribution in [0.25, 0.3) is 11.2 Å². The summed E-state index contributed by atoms with van der Waals surface area (Å²) in [4.78, 5) is 28.5. The lowest BCUT2D eigenvalue weighted by Gasteiger charge is -2.37. The molecule has 1 amide bonds. The van der Waals surface area contributed by atoms with Gasteiger partial charge in [0.15, 0.2) is 11.5 Å². The minimum absolute atomic E-state index is 0.0120. The van der Waals surface area contributed by atoms with E-state index in [9.17, 15) is 4.79 Å². The van der Waals surface area contributed by atoms with Gasteiger partial charge in [-0.25, -0.2) is 15.0 Å². The summed E-state index contributed by atoms with van der Waals surface area (Å²) in [5, 5.41) is 3.00. The first-order chi connectivity index (χ1) is 11.2. The van der Waals surface area contributed by atoms with Gasteiger partial charge in [-0.15, -0.1) is 0 Å². The Morgan fingerprint density at radius 3 is 2.50 bits per heavy atom. The number of nitrogens with zero attached hydrogens (tertiary/aromatic N) is 3. The first-order valence-corrected chi connectivity index (χ1v) is 8.65. The molecule has 0 aliphatic heterocycles. The lowest BCUT2D eigenvalue weighted by molar-refractivity contribution is -0.125. The molecule has 2 N–H and O–H groups in total. The van der Waals surface area contributed by atoms with E-state index in [0.29, 0.717) is 17.0 Å². The standard InChI is InChI=1S/C18H29N5O/c1-7-17(3,4)9-12(18(5,6)8-2)16(24)23-15-13-14(20-10-19-13)21-11-22-15/h10-12H,7-9H2,1-6H3,(H2,19,20,21,22,23,24). The molecule has 0 aliphatic rings. The minimum atomic E-state index is -0.0922. The Labute approximate surface area is 143 Å². The zero-order chi connectivity index (χ0) is 18.0. The fourth-order valence-corrected chi connectivity index (χ4v) is 2.73. The van der Waals surface area contributed by atoms with E-state index >= 15 is 0 Å². The number of hydrogen-bond donors (Lipinski definition) is 2. The third-order valence-corrected chi connectivity index (χ3v) is 5.35. The molecule has 0 radical (unpaired) electrons. The molecule has 0 saturated heterocycles. The lowest BCUT2D eigenvalue weighted by Crippen LogP contribution is -2.38. The zero-order valence-corrected chi connectivity index (χ0v) is 15.6. The Kier molecular flexibility index (Phi) is 5.26. The highest BCUT2D eigenvalue weighted by atomic mass is 16.2. The van der Waals surface area contributed by atoms with E-state index in [-0.39, 0.29) is 22.7 Å².